The second kappa shape index (κ2) is 5.67. The molecule has 2 heterocycles. The zero-order valence-electron chi connectivity index (χ0n) is 11.1. The molecule has 1 aromatic heterocycles. The van der Waals surface area contributed by atoms with E-state index in [1.807, 2.05) is 4.90 Å². The van der Waals surface area contributed by atoms with E-state index in [0.29, 0.717) is 37.6 Å². The highest BCUT2D eigenvalue weighted by Gasteiger charge is 2.32. The Morgan fingerprint density at radius 3 is 2.45 bits per heavy atom. The van der Waals surface area contributed by atoms with Gasteiger partial charge in [0.1, 0.15) is 5.82 Å². The molecule has 0 atom stereocenters. The van der Waals surface area contributed by atoms with Crippen molar-refractivity contribution in [2.45, 2.75) is 13.1 Å². The van der Waals surface area contributed by atoms with Gasteiger partial charge in [0.25, 0.3) is 0 Å². The van der Waals surface area contributed by atoms with Gasteiger partial charge in [0.15, 0.2) is 0 Å². The van der Waals surface area contributed by atoms with E-state index < -0.39 is 12.7 Å². The van der Waals surface area contributed by atoms with Gasteiger partial charge < -0.3 is 4.90 Å². The molecule has 0 bridgehead atoms. The minimum atomic E-state index is -4.16. The lowest BCUT2D eigenvalue weighted by atomic mass is 10.2. The van der Waals surface area contributed by atoms with Crippen molar-refractivity contribution in [1.29, 1.82) is 5.26 Å². The fourth-order valence-corrected chi connectivity index (χ4v) is 2.27. The number of piperazine rings is 1. The van der Waals surface area contributed by atoms with E-state index in [1.165, 1.54) is 4.90 Å². The second-order valence-electron chi connectivity index (χ2n) is 4.85. The van der Waals surface area contributed by atoms with Gasteiger partial charge in [0, 0.05) is 31.9 Å². The zero-order valence-corrected chi connectivity index (χ0v) is 11.1. The van der Waals surface area contributed by atoms with Gasteiger partial charge in [-0.1, -0.05) is 0 Å². The van der Waals surface area contributed by atoms with Crippen LogP contribution in [-0.2, 0) is 0 Å². The van der Waals surface area contributed by atoms with Gasteiger partial charge in [-0.2, -0.15) is 18.4 Å². The third-order valence-electron chi connectivity index (χ3n) is 3.17. The van der Waals surface area contributed by atoms with Crippen LogP contribution >= 0.6 is 0 Å². The first-order valence-corrected chi connectivity index (χ1v) is 6.30. The molecule has 0 radical (unpaired) electrons. The van der Waals surface area contributed by atoms with E-state index in [-0.39, 0.29) is 0 Å². The maximum absolute atomic E-state index is 12.3. The maximum atomic E-state index is 12.3. The van der Waals surface area contributed by atoms with Crippen LogP contribution < -0.4 is 4.90 Å². The molecule has 0 unspecified atom stereocenters. The standard InChI is InChI=1S/C13H15F3N4/c1-10-6-11(8-17)7-12(18-10)20-4-2-19(3-5-20)9-13(14,15)16/h6-7H,2-5,9H2,1H3. The average molecular weight is 284 g/mol. The highest BCUT2D eigenvalue weighted by atomic mass is 19.4. The molecule has 0 aromatic carbocycles. The van der Waals surface area contributed by atoms with Crippen LogP contribution in [0.1, 0.15) is 11.3 Å². The number of nitriles is 1. The monoisotopic (exact) mass is 284 g/mol. The lowest BCUT2D eigenvalue weighted by Crippen LogP contribution is -2.49. The predicted octanol–water partition coefficient (Wildman–Crippen LogP) is 1.95. The first kappa shape index (κ1) is 14.6. The van der Waals surface area contributed by atoms with Gasteiger partial charge in [-0.15, -0.1) is 0 Å². The number of nitrogens with zero attached hydrogens (tertiary/aromatic N) is 4. The second-order valence-corrected chi connectivity index (χ2v) is 4.85. The first-order valence-electron chi connectivity index (χ1n) is 6.30. The van der Waals surface area contributed by atoms with Crippen LogP contribution in [0.4, 0.5) is 19.0 Å². The van der Waals surface area contributed by atoms with Gasteiger partial charge >= 0.3 is 6.18 Å². The van der Waals surface area contributed by atoms with Crippen molar-refractivity contribution in [3.8, 4) is 6.07 Å². The van der Waals surface area contributed by atoms with E-state index in [2.05, 4.69) is 11.1 Å². The summed E-state index contributed by atoms with van der Waals surface area (Å²) >= 11 is 0. The van der Waals surface area contributed by atoms with Crippen LogP contribution in [0.2, 0.25) is 0 Å². The number of hydrogen-bond donors (Lipinski definition) is 0. The molecule has 1 saturated heterocycles. The third kappa shape index (κ3) is 3.84. The number of aryl methyl sites for hydroxylation is 1. The Kier molecular flexibility index (Phi) is 4.14. The average Bonchev–Trinajstić information content (AvgIpc) is 2.37. The molecule has 1 fully saturated rings. The minimum Gasteiger partial charge on any atom is -0.354 e. The first-order chi connectivity index (χ1) is 9.37. The van der Waals surface area contributed by atoms with Crippen molar-refractivity contribution in [1.82, 2.24) is 9.88 Å². The van der Waals surface area contributed by atoms with Crippen LogP contribution in [0.25, 0.3) is 0 Å². The number of anilines is 1. The summed E-state index contributed by atoms with van der Waals surface area (Å²) in [6.45, 7) is 2.58. The molecule has 1 aliphatic heterocycles. The van der Waals surface area contributed by atoms with Crippen molar-refractivity contribution in [3.05, 3.63) is 23.4 Å². The number of hydrogen-bond acceptors (Lipinski definition) is 4. The van der Waals surface area contributed by atoms with Gasteiger partial charge in [-0.25, -0.2) is 4.98 Å². The van der Waals surface area contributed by atoms with Crippen molar-refractivity contribution >= 4 is 5.82 Å². The summed E-state index contributed by atoms with van der Waals surface area (Å²) < 4.78 is 36.9. The highest BCUT2D eigenvalue weighted by Crippen LogP contribution is 2.20. The zero-order chi connectivity index (χ0) is 14.8. The highest BCUT2D eigenvalue weighted by molar-refractivity contribution is 5.47. The molecule has 0 spiro atoms. The Balaban J connectivity index is 2.01. The van der Waals surface area contributed by atoms with E-state index in [0.717, 1.165) is 5.69 Å². The minimum absolute atomic E-state index is 0.344. The third-order valence-corrected chi connectivity index (χ3v) is 3.17. The van der Waals surface area contributed by atoms with E-state index >= 15 is 0 Å². The molecule has 108 valence electrons. The molecule has 1 aromatic rings. The Hall–Kier alpha value is -1.81. The number of alkyl halides is 3. The molecule has 7 heteroatoms. The van der Waals surface area contributed by atoms with Crippen molar-refractivity contribution in [2.75, 3.05) is 37.6 Å². The van der Waals surface area contributed by atoms with Crippen LogP contribution in [-0.4, -0.2) is 48.8 Å². The summed E-state index contributed by atoms with van der Waals surface area (Å²) in [7, 11) is 0. The molecule has 0 aliphatic carbocycles. The van der Waals surface area contributed by atoms with E-state index in [9.17, 15) is 13.2 Å². The molecule has 20 heavy (non-hydrogen) atoms. The van der Waals surface area contributed by atoms with Crippen molar-refractivity contribution < 1.29 is 13.2 Å². The molecule has 0 N–H and O–H groups in total. The van der Waals surface area contributed by atoms with Gasteiger partial charge in [-0.3, -0.25) is 4.90 Å². The van der Waals surface area contributed by atoms with Gasteiger partial charge in [-0.05, 0) is 19.1 Å². The van der Waals surface area contributed by atoms with E-state index in [1.54, 1.807) is 19.1 Å². The fourth-order valence-electron chi connectivity index (χ4n) is 2.27. The van der Waals surface area contributed by atoms with Gasteiger partial charge in [0.2, 0.25) is 0 Å². The molecule has 0 amide bonds. The maximum Gasteiger partial charge on any atom is 0.401 e. The Bertz CT molecular complexity index is 513. The topological polar surface area (TPSA) is 43.2 Å². The molecule has 0 saturated carbocycles. The Labute approximate surface area is 115 Å². The van der Waals surface area contributed by atoms with E-state index in [4.69, 9.17) is 5.26 Å². The van der Waals surface area contributed by atoms with Crippen molar-refractivity contribution in [3.63, 3.8) is 0 Å². The van der Waals surface area contributed by atoms with Crippen molar-refractivity contribution in [2.24, 2.45) is 0 Å². The SMILES string of the molecule is Cc1cc(C#N)cc(N2CCN(CC(F)(F)F)CC2)n1. The quantitative estimate of drug-likeness (QED) is 0.832. The largest absolute Gasteiger partial charge is 0.401 e. The molecule has 1 aliphatic rings. The number of rotatable bonds is 2. The predicted molar refractivity (Wildman–Crippen MR) is 68.4 cm³/mol. The summed E-state index contributed by atoms with van der Waals surface area (Å²) in [6.07, 6.45) is -4.16. The van der Waals surface area contributed by atoms with Crippen LogP contribution in [0.3, 0.4) is 0 Å². The summed E-state index contributed by atoms with van der Waals surface area (Å²) in [4.78, 5) is 7.64. The molecule has 2 rings (SSSR count). The summed E-state index contributed by atoms with van der Waals surface area (Å²) in [5.74, 6) is 0.660. The lowest BCUT2D eigenvalue weighted by Gasteiger charge is -2.35. The van der Waals surface area contributed by atoms with Crippen LogP contribution in [0.15, 0.2) is 12.1 Å². The number of halogens is 3. The summed E-state index contributed by atoms with van der Waals surface area (Å²) in [5, 5.41) is 8.92. The number of pyridine rings is 1. The molecule has 4 nitrogen and oxygen atoms in total. The summed E-state index contributed by atoms with van der Waals surface area (Å²) in [5.41, 5.74) is 1.25. The molecular weight excluding hydrogens is 269 g/mol. The Morgan fingerprint density at radius 1 is 1.25 bits per heavy atom. The lowest BCUT2D eigenvalue weighted by molar-refractivity contribution is -0.146. The normalized spacial score (nSPS) is 17.1. The molecular formula is C13H15F3N4. The Morgan fingerprint density at radius 2 is 1.90 bits per heavy atom. The van der Waals surface area contributed by atoms with Crippen LogP contribution in [0.5, 0.6) is 0 Å². The fraction of sp³-hybridized carbons (Fsp3) is 0.538. The summed E-state index contributed by atoms with van der Waals surface area (Å²) in [6, 6.07) is 5.42. The smallest absolute Gasteiger partial charge is 0.354 e. The van der Waals surface area contributed by atoms with Crippen LogP contribution in [0, 0.1) is 18.3 Å². The number of aromatic nitrogens is 1. The van der Waals surface area contributed by atoms with Gasteiger partial charge in [0.05, 0.1) is 18.2 Å².